The van der Waals surface area contributed by atoms with Crippen LogP contribution in [0.1, 0.15) is 31.7 Å². The number of anilines is 1. The van der Waals surface area contributed by atoms with Crippen LogP contribution in [0.2, 0.25) is 10.0 Å². The van der Waals surface area contributed by atoms with Crippen molar-refractivity contribution < 1.29 is 4.74 Å². The van der Waals surface area contributed by atoms with Crippen LogP contribution in [-0.4, -0.2) is 13.2 Å². The fourth-order valence-electron chi connectivity index (χ4n) is 2.22. The average molecular weight is 338 g/mol. The van der Waals surface area contributed by atoms with Crippen LogP contribution in [0.5, 0.6) is 5.75 Å². The first-order valence-corrected chi connectivity index (χ1v) is 8.28. The van der Waals surface area contributed by atoms with Gasteiger partial charge in [0.1, 0.15) is 12.4 Å². The van der Waals surface area contributed by atoms with Crippen LogP contribution in [-0.2, 0) is 0 Å². The summed E-state index contributed by atoms with van der Waals surface area (Å²) in [5.74, 6) is 1.45. The fourth-order valence-corrected chi connectivity index (χ4v) is 2.58. The van der Waals surface area contributed by atoms with Crippen molar-refractivity contribution in [3.63, 3.8) is 0 Å². The predicted octanol–water partition coefficient (Wildman–Crippen LogP) is 6.00. The molecule has 118 valence electrons. The maximum Gasteiger partial charge on any atom is 0.122 e. The number of hydrogen-bond donors (Lipinski definition) is 1. The Balaban J connectivity index is 1.90. The number of benzene rings is 2. The molecule has 1 N–H and O–H groups in total. The first kappa shape index (κ1) is 17.0. The summed E-state index contributed by atoms with van der Waals surface area (Å²) < 4.78 is 5.91. The van der Waals surface area contributed by atoms with E-state index in [1.807, 2.05) is 18.2 Å². The van der Waals surface area contributed by atoms with Crippen molar-refractivity contribution in [1.29, 1.82) is 0 Å². The lowest BCUT2D eigenvalue weighted by molar-refractivity contribution is 0.327. The molecule has 22 heavy (non-hydrogen) atoms. The highest BCUT2D eigenvalue weighted by molar-refractivity contribution is 6.35. The van der Waals surface area contributed by atoms with E-state index in [9.17, 15) is 0 Å². The molecule has 0 aliphatic rings. The van der Waals surface area contributed by atoms with Crippen LogP contribution in [0.25, 0.3) is 0 Å². The number of ether oxygens (including phenoxy) is 1. The van der Waals surface area contributed by atoms with E-state index in [0.29, 0.717) is 29.1 Å². The van der Waals surface area contributed by atoms with Gasteiger partial charge in [-0.15, -0.1) is 0 Å². The summed E-state index contributed by atoms with van der Waals surface area (Å²) in [7, 11) is 0. The van der Waals surface area contributed by atoms with Crippen LogP contribution in [0.3, 0.4) is 0 Å². The Kier molecular flexibility index (Phi) is 6.41. The predicted molar refractivity (Wildman–Crippen MR) is 95.6 cm³/mol. The number of halogens is 2. The quantitative estimate of drug-likeness (QED) is 0.625. The van der Waals surface area contributed by atoms with Gasteiger partial charge >= 0.3 is 0 Å². The molecular formula is C18H21Cl2NO. The van der Waals surface area contributed by atoms with E-state index in [-0.39, 0.29) is 0 Å². The third-order valence-electron chi connectivity index (χ3n) is 3.67. The Morgan fingerprint density at radius 2 is 1.91 bits per heavy atom. The zero-order chi connectivity index (χ0) is 15.9. The molecule has 0 bridgehead atoms. The fraction of sp³-hybridized carbons (Fsp3) is 0.333. The topological polar surface area (TPSA) is 21.3 Å². The molecule has 0 saturated carbocycles. The zero-order valence-electron chi connectivity index (χ0n) is 12.9. The molecule has 0 aromatic heterocycles. The number of hydrogen-bond acceptors (Lipinski definition) is 2. The molecule has 0 fully saturated rings. The average Bonchev–Trinajstić information content (AvgIpc) is 2.54. The lowest BCUT2D eigenvalue weighted by Gasteiger charge is -2.16. The third kappa shape index (κ3) is 4.56. The van der Waals surface area contributed by atoms with E-state index in [1.54, 1.807) is 12.1 Å². The van der Waals surface area contributed by atoms with E-state index in [0.717, 1.165) is 17.9 Å². The van der Waals surface area contributed by atoms with Gasteiger partial charge in [0.15, 0.2) is 0 Å². The Morgan fingerprint density at radius 3 is 2.68 bits per heavy atom. The molecule has 2 nitrogen and oxygen atoms in total. The number of para-hydroxylation sites is 1. The minimum Gasteiger partial charge on any atom is -0.491 e. The van der Waals surface area contributed by atoms with Crippen molar-refractivity contribution in [1.82, 2.24) is 0 Å². The molecule has 0 heterocycles. The molecule has 1 atom stereocenters. The van der Waals surface area contributed by atoms with Gasteiger partial charge in [0.05, 0.1) is 10.7 Å². The largest absolute Gasteiger partial charge is 0.491 e. The molecule has 0 saturated heterocycles. The normalized spacial score (nSPS) is 12.0. The molecule has 0 spiro atoms. The number of rotatable bonds is 7. The Labute approximate surface area is 142 Å². The van der Waals surface area contributed by atoms with E-state index < -0.39 is 0 Å². The van der Waals surface area contributed by atoms with Crippen molar-refractivity contribution >= 4 is 28.9 Å². The maximum absolute atomic E-state index is 6.12. The second kappa shape index (κ2) is 8.30. The Hall–Kier alpha value is -1.38. The van der Waals surface area contributed by atoms with Gasteiger partial charge in [-0.2, -0.15) is 0 Å². The second-order valence-electron chi connectivity index (χ2n) is 5.25. The van der Waals surface area contributed by atoms with Gasteiger partial charge in [0.25, 0.3) is 0 Å². The first-order valence-electron chi connectivity index (χ1n) is 7.52. The van der Waals surface area contributed by atoms with Crippen molar-refractivity contribution in [3.8, 4) is 5.75 Å². The molecular weight excluding hydrogens is 317 g/mol. The molecule has 4 heteroatoms. The molecule has 0 unspecified atom stereocenters. The van der Waals surface area contributed by atoms with Crippen molar-refractivity contribution in [2.24, 2.45) is 0 Å². The maximum atomic E-state index is 6.12. The third-order valence-corrected chi connectivity index (χ3v) is 4.23. The molecule has 0 aliphatic carbocycles. The van der Waals surface area contributed by atoms with Crippen molar-refractivity contribution in [2.45, 2.75) is 26.2 Å². The number of nitrogens with one attached hydrogen (secondary N) is 1. The highest BCUT2D eigenvalue weighted by Crippen LogP contribution is 2.28. The Bertz CT molecular complexity index is 616. The second-order valence-corrected chi connectivity index (χ2v) is 6.09. The van der Waals surface area contributed by atoms with Gasteiger partial charge in [-0.1, -0.05) is 55.2 Å². The van der Waals surface area contributed by atoms with Crippen LogP contribution >= 0.6 is 23.2 Å². The summed E-state index contributed by atoms with van der Waals surface area (Å²) in [6.07, 6.45) is 1.09. The van der Waals surface area contributed by atoms with Crippen LogP contribution in [0, 0.1) is 0 Å². The van der Waals surface area contributed by atoms with Crippen LogP contribution in [0.15, 0.2) is 42.5 Å². The van der Waals surface area contributed by atoms with Crippen molar-refractivity contribution in [3.05, 3.63) is 58.1 Å². The van der Waals surface area contributed by atoms with Crippen LogP contribution in [0.4, 0.5) is 5.69 Å². The molecule has 0 amide bonds. The smallest absolute Gasteiger partial charge is 0.122 e. The summed E-state index contributed by atoms with van der Waals surface area (Å²) >= 11 is 12.1. The summed E-state index contributed by atoms with van der Waals surface area (Å²) in [4.78, 5) is 0. The Morgan fingerprint density at radius 1 is 1.14 bits per heavy atom. The van der Waals surface area contributed by atoms with Crippen molar-refractivity contribution in [2.75, 3.05) is 18.5 Å². The summed E-state index contributed by atoms with van der Waals surface area (Å²) in [6.45, 7) is 5.63. The van der Waals surface area contributed by atoms with Gasteiger partial charge in [0, 0.05) is 11.6 Å². The highest BCUT2D eigenvalue weighted by Gasteiger charge is 2.09. The van der Waals surface area contributed by atoms with Gasteiger partial charge in [-0.25, -0.2) is 0 Å². The molecule has 2 aromatic carbocycles. The summed E-state index contributed by atoms with van der Waals surface area (Å²) in [5.41, 5.74) is 2.08. The zero-order valence-corrected chi connectivity index (χ0v) is 14.4. The van der Waals surface area contributed by atoms with Crippen LogP contribution < -0.4 is 10.1 Å². The molecule has 2 rings (SSSR count). The summed E-state index contributed by atoms with van der Waals surface area (Å²) in [6, 6.07) is 13.6. The van der Waals surface area contributed by atoms with Gasteiger partial charge in [0.2, 0.25) is 0 Å². The van der Waals surface area contributed by atoms with E-state index >= 15 is 0 Å². The van der Waals surface area contributed by atoms with Gasteiger partial charge in [-0.05, 0) is 42.2 Å². The van der Waals surface area contributed by atoms with Gasteiger partial charge in [-0.3, -0.25) is 0 Å². The standard InChI is InChI=1S/C18H21Cl2NO/c1-3-13(2)15-6-4-5-7-18(15)22-11-10-21-17-12-14(19)8-9-16(17)20/h4-9,12-13,21H,3,10-11H2,1-2H3/t13-/m1/s1. The molecule has 0 radical (unpaired) electrons. The first-order chi connectivity index (χ1) is 10.6. The van der Waals surface area contributed by atoms with E-state index in [2.05, 4.69) is 31.3 Å². The van der Waals surface area contributed by atoms with Gasteiger partial charge < -0.3 is 10.1 Å². The van der Waals surface area contributed by atoms with E-state index in [4.69, 9.17) is 27.9 Å². The molecule has 0 aliphatic heterocycles. The minimum atomic E-state index is 0.492. The summed E-state index contributed by atoms with van der Waals surface area (Å²) in [5, 5.41) is 4.56. The lowest BCUT2D eigenvalue weighted by atomic mass is 9.98. The van der Waals surface area contributed by atoms with E-state index in [1.165, 1.54) is 5.56 Å². The minimum absolute atomic E-state index is 0.492. The highest BCUT2D eigenvalue weighted by atomic mass is 35.5. The SMILES string of the molecule is CC[C@@H](C)c1ccccc1OCCNc1cc(Cl)ccc1Cl. The lowest BCUT2D eigenvalue weighted by Crippen LogP contribution is -2.12. The molecule has 2 aromatic rings. The monoisotopic (exact) mass is 337 g/mol.